The topological polar surface area (TPSA) is 78.3 Å². The fourth-order valence-electron chi connectivity index (χ4n) is 2.76. The van der Waals surface area contributed by atoms with Crippen LogP contribution < -0.4 is 16.2 Å². The summed E-state index contributed by atoms with van der Waals surface area (Å²) >= 11 is 0. The number of carbonyl (C=O) groups is 1. The average molecular weight is 312 g/mol. The first kappa shape index (κ1) is 17.0. The first-order chi connectivity index (χ1) is 11.1. The van der Waals surface area contributed by atoms with Crippen LogP contribution in [0.5, 0.6) is 11.5 Å². The zero-order chi connectivity index (χ0) is 16.8. The third-order valence-corrected chi connectivity index (χ3v) is 3.99. The van der Waals surface area contributed by atoms with Gasteiger partial charge in [-0.3, -0.25) is 4.79 Å². The number of ether oxygens (including phenoxy) is 1. The van der Waals surface area contributed by atoms with Crippen molar-refractivity contribution in [2.24, 2.45) is 11.5 Å². The second-order valence-electron chi connectivity index (χ2n) is 5.71. The van der Waals surface area contributed by atoms with Gasteiger partial charge in [0.1, 0.15) is 11.5 Å². The summed E-state index contributed by atoms with van der Waals surface area (Å²) in [6.07, 6.45) is 2.24. The van der Waals surface area contributed by atoms with E-state index in [1.165, 1.54) is 5.56 Å². The lowest BCUT2D eigenvalue weighted by molar-refractivity contribution is 0.100. The summed E-state index contributed by atoms with van der Waals surface area (Å²) in [6.45, 7) is 4.82. The van der Waals surface area contributed by atoms with Crippen molar-refractivity contribution in [3.63, 3.8) is 0 Å². The van der Waals surface area contributed by atoms with Crippen LogP contribution in [0.4, 0.5) is 0 Å². The molecule has 0 aliphatic carbocycles. The van der Waals surface area contributed by atoms with Crippen LogP contribution in [0.2, 0.25) is 0 Å². The molecule has 0 spiro atoms. The van der Waals surface area contributed by atoms with E-state index in [1.807, 2.05) is 12.1 Å². The summed E-state index contributed by atoms with van der Waals surface area (Å²) in [5.74, 6) is 1.42. The van der Waals surface area contributed by atoms with Gasteiger partial charge in [0.15, 0.2) is 0 Å². The van der Waals surface area contributed by atoms with E-state index >= 15 is 0 Å². The minimum Gasteiger partial charge on any atom is -0.457 e. The van der Waals surface area contributed by atoms with Gasteiger partial charge >= 0.3 is 0 Å². The average Bonchev–Trinajstić information content (AvgIpc) is 2.55. The van der Waals surface area contributed by atoms with Gasteiger partial charge in [-0.05, 0) is 48.2 Å². The molecule has 2 rings (SSSR count). The molecule has 4 N–H and O–H groups in total. The zero-order valence-corrected chi connectivity index (χ0v) is 13.7. The lowest BCUT2D eigenvalue weighted by Gasteiger charge is -2.18. The Morgan fingerprint density at radius 3 is 2.43 bits per heavy atom. The standard InChI is InChI=1S/C19H24N2O2/c1-3-5-13(2)16-6-4-7-18(17(16)12-20)23-15-10-8-14(9-11-15)19(21)22/h4,6-11,13H,3,5,12,20H2,1-2H3,(H2,21,22). The number of hydrogen-bond acceptors (Lipinski definition) is 3. The van der Waals surface area contributed by atoms with Crippen molar-refractivity contribution >= 4 is 5.91 Å². The van der Waals surface area contributed by atoms with E-state index in [-0.39, 0.29) is 0 Å². The van der Waals surface area contributed by atoms with Crippen molar-refractivity contribution in [3.8, 4) is 11.5 Å². The van der Waals surface area contributed by atoms with E-state index in [2.05, 4.69) is 19.9 Å². The Morgan fingerprint density at radius 2 is 1.87 bits per heavy atom. The van der Waals surface area contributed by atoms with Gasteiger partial charge in [-0.1, -0.05) is 32.4 Å². The van der Waals surface area contributed by atoms with Crippen LogP contribution >= 0.6 is 0 Å². The predicted molar refractivity (Wildman–Crippen MR) is 92.7 cm³/mol. The fraction of sp³-hybridized carbons (Fsp3) is 0.316. The number of amides is 1. The van der Waals surface area contributed by atoms with E-state index in [1.54, 1.807) is 24.3 Å². The summed E-state index contributed by atoms with van der Waals surface area (Å²) in [7, 11) is 0. The molecule has 0 fully saturated rings. The van der Waals surface area contributed by atoms with Crippen molar-refractivity contribution in [1.29, 1.82) is 0 Å². The molecular formula is C19H24N2O2. The minimum absolute atomic E-state index is 0.429. The second kappa shape index (κ2) is 7.79. The normalized spacial score (nSPS) is 12.0. The molecule has 0 saturated heterocycles. The van der Waals surface area contributed by atoms with Gasteiger partial charge in [-0.2, -0.15) is 0 Å². The van der Waals surface area contributed by atoms with Crippen LogP contribution in [0.25, 0.3) is 0 Å². The molecule has 4 heteroatoms. The SMILES string of the molecule is CCCC(C)c1cccc(Oc2ccc(C(N)=O)cc2)c1CN. The van der Waals surface area contributed by atoms with Crippen molar-refractivity contribution in [3.05, 3.63) is 59.2 Å². The Morgan fingerprint density at radius 1 is 1.17 bits per heavy atom. The number of primary amides is 1. The van der Waals surface area contributed by atoms with E-state index in [9.17, 15) is 4.79 Å². The molecule has 0 bridgehead atoms. The number of hydrogen-bond donors (Lipinski definition) is 2. The van der Waals surface area contributed by atoms with Gasteiger partial charge in [0.2, 0.25) is 5.91 Å². The van der Waals surface area contributed by atoms with E-state index < -0.39 is 5.91 Å². The molecule has 122 valence electrons. The van der Waals surface area contributed by atoms with Gasteiger partial charge in [0.05, 0.1) is 0 Å². The first-order valence-electron chi connectivity index (χ1n) is 7.96. The van der Waals surface area contributed by atoms with Crippen molar-refractivity contribution in [1.82, 2.24) is 0 Å². The summed E-state index contributed by atoms with van der Waals surface area (Å²) in [4.78, 5) is 11.1. The third kappa shape index (κ3) is 4.11. The molecule has 2 aromatic carbocycles. The highest BCUT2D eigenvalue weighted by molar-refractivity contribution is 5.92. The maximum atomic E-state index is 11.1. The largest absolute Gasteiger partial charge is 0.457 e. The Bertz CT molecular complexity index is 666. The van der Waals surface area contributed by atoms with Gasteiger partial charge in [-0.15, -0.1) is 0 Å². The van der Waals surface area contributed by atoms with Crippen LogP contribution in [0.3, 0.4) is 0 Å². The Kier molecular flexibility index (Phi) is 5.77. The smallest absolute Gasteiger partial charge is 0.248 e. The third-order valence-electron chi connectivity index (χ3n) is 3.99. The molecule has 0 saturated carbocycles. The molecule has 0 aliphatic rings. The predicted octanol–water partition coefficient (Wildman–Crippen LogP) is 3.94. The van der Waals surface area contributed by atoms with Gasteiger partial charge in [-0.25, -0.2) is 0 Å². The minimum atomic E-state index is -0.449. The highest BCUT2D eigenvalue weighted by Gasteiger charge is 2.14. The fourth-order valence-corrected chi connectivity index (χ4v) is 2.76. The van der Waals surface area contributed by atoms with E-state index in [0.717, 1.165) is 24.2 Å². The molecular weight excluding hydrogens is 288 g/mol. The number of benzene rings is 2. The lowest BCUT2D eigenvalue weighted by Crippen LogP contribution is -2.10. The maximum absolute atomic E-state index is 11.1. The maximum Gasteiger partial charge on any atom is 0.248 e. The zero-order valence-electron chi connectivity index (χ0n) is 13.7. The molecule has 4 nitrogen and oxygen atoms in total. The number of rotatable bonds is 7. The number of carbonyl (C=O) groups excluding carboxylic acids is 1. The molecule has 0 aliphatic heterocycles. The van der Waals surface area contributed by atoms with Crippen LogP contribution in [0.1, 0.15) is 54.1 Å². The lowest BCUT2D eigenvalue weighted by atomic mass is 9.91. The van der Waals surface area contributed by atoms with E-state index in [4.69, 9.17) is 16.2 Å². The van der Waals surface area contributed by atoms with Gasteiger partial charge < -0.3 is 16.2 Å². The molecule has 0 heterocycles. The molecule has 2 aromatic rings. The van der Waals surface area contributed by atoms with Crippen molar-refractivity contribution < 1.29 is 9.53 Å². The van der Waals surface area contributed by atoms with Crippen molar-refractivity contribution in [2.45, 2.75) is 39.2 Å². The second-order valence-corrected chi connectivity index (χ2v) is 5.71. The monoisotopic (exact) mass is 312 g/mol. The van der Waals surface area contributed by atoms with Gasteiger partial charge in [0.25, 0.3) is 0 Å². The molecule has 0 radical (unpaired) electrons. The van der Waals surface area contributed by atoms with E-state index in [0.29, 0.717) is 23.8 Å². The molecule has 1 amide bonds. The summed E-state index contributed by atoms with van der Waals surface area (Å²) in [5.41, 5.74) is 13.9. The highest BCUT2D eigenvalue weighted by atomic mass is 16.5. The summed E-state index contributed by atoms with van der Waals surface area (Å²) < 4.78 is 5.97. The van der Waals surface area contributed by atoms with Crippen LogP contribution in [0.15, 0.2) is 42.5 Å². The Labute approximate surface area is 137 Å². The molecule has 0 aromatic heterocycles. The van der Waals surface area contributed by atoms with Crippen molar-refractivity contribution in [2.75, 3.05) is 0 Å². The van der Waals surface area contributed by atoms with Crippen LogP contribution in [0, 0.1) is 0 Å². The highest BCUT2D eigenvalue weighted by Crippen LogP contribution is 2.32. The Balaban J connectivity index is 2.28. The molecule has 23 heavy (non-hydrogen) atoms. The number of nitrogens with two attached hydrogens (primary N) is 2. The summed E-state index contributed by atoms with van der Waals surface area (Å²) in [5, 5.41) is 0. The summed E-state index contributed by atoms with van der Waals surface area (Å²) in [6, 6.07) is 12.8. The first-order valence-corrected chi connectivity index (χ1v) is 7.96. The molecule has 1 unspecified atom stereocenters. The molecule has 1 atom stereocenters. The van der Waals surface area contributed by atoms with Gasteiger partial charge in [0, 0.05) is 17.7 Å². The quantitative estimate of drug-likeness (QED) is 0.812. The van der Waals surface area contributed by atoms with Crippen LogP contribution in [-0.4, -0.2) is 5.91 Å². The Hall–Kier alpha value is -2.33. The van der Waals surface area contributed by atoms with Crippen LogP contribution in [-0.2, 0) is 6.54 Å².